The lowest BCUT2D eigenvalue weighted by molar-refractivity contribution is 0.0306. The van der Waals surface area contributed by atoms with Gasteiger partial charge in [0.1, 0.15) is 42.1 Å². The zero-order valence-electron chi connectivity index (χ0n) is 29.3. The van der Waals surface area contributed by atoms with Crippen molar-refractivity contribution in [3.8, 4) is 34.4 Å². The highest BCUT2D eigenvalue weighted by Gasteiger charge is 2.42. The molecular weight excluding hydrogens is 651 g/mol. The molecule has 1 saturated heterocycles. The number of fused-ring (bicyclic) bond motifs is 2. The first-order chi connectivity index (χ1) is 22.7. The summed E-state index contributed by atoms with van der Waals surface area (Å²) in [6, 6.07) is 6.41. The molecule has 48 heavy (non-hydrogen) atoms. The van der Waals surface area contributed by atoms with Gasteiger partial charge in [-0.3, -0.25) is 0 Å². The first kappa shape index (κ1) is 35.8. The number of methoxy groups -OCH3 is 2. The zero-order chi connectivity index (χ0) is 35.1. The van der Waals surface area contributed by atoms with Crippen molar-refractivity contribution >= 4 is 47.3 Å². The molecule has 4 aromatic rings. The highest BCUT2D eigenvalue weighted by atomic mass is 32.2. The summed E-state index contributed by atoms with van der Waals surface area (Å²) in [5.74, 6) is 2.97. The van der Waals surface area contributed by atoms with Crippen LogP contribution in [0.15, 0.2) is 29.4 Å². The normalized spacial score (nSPS) is 14.5. The Kier molecular flexibility index (Phi) is 10.3. The molecule has 8 nitrogen and oxygen atoms in total. The van der Waals surface area contributed by atoms with E-state index in [1.807, 2.05) is 4.90 Å². The first-order valence-corrected chi connectivity index (χ1v) is 19.5. The average molecular weight is 695 g/mol. The van der Waals surface area contributed by atoms with E-state index in [1.54, 1.807) is 31.4 Å². The summed E-state index contributed by atoms with van der Waals surface area (Å²) in [6.45, 7) is 15.5. The minimum absolute atomic E-state index is 0.00370. The Morgan fingerprint density at radius 3 is 2.23 bits per heavy atom. The van der Waals surface area contributed by atoms with E-state index in [0.29, 0.717) is 57.2 Å². The number of hydrogen-bond donors (Lipinski definition) is 1. The summed E-state index contributed by atoms with van der Waals surface area (Å²) in [6.07, 6.45) is 1.81. The van der Waals surface area contributed by atoms with E-state index >= 15 is 8.78 Å². The average Bonchev–Trinajstić information content (AvgIpc) is 3.02. The molecule has 3 heterocycles. The van der Waals surface area contributed by atoms with Crippen LogP contribution in [-0.2, 0) is 4.74 Å². The highest BCUT2D eigenvalue weighted by molar-refractivity contribution is 7.98. The Labute approximate surface area is 286 Å². The molecule has 1 aliphatic rings. The Morgan fingerprint density at radius 2 is 1.67 bits per heavy atom. The van der Waals surface area contributed by atoms with Crippen molar-refractivity contribution in [2.45, 2.75) is 75.8 Å². The molecule has 1 aliphatic heterocycles. The molecular formula is C36H44F2N4O4SSi. The number of thioether (sulfide) groups is 1. The maximum atomic E-state index is 17.1. The summed E-state index contributed by atoms with van der Waals surface area (Å²) in [5, 5.41) is 12.1. The summed E-state index contributed by atoms with van der Waals surface area (Å²) >= 11 is 1.27. The van der Waals surface area contributed by atoms with E-state index < -0.39 is 25.3 Å². The SMILES string of the molecule is COCOc1cc(-c2nc(OC)c3c(N4CC(C)(O)C4)nc(SC)nc3c2F)c2c(C#C[Si](C(C)C)(C(C)C)C(C)C)c(F)ccc2c1. The van der Waals surface area contributed by atoms with Crippen LogP contribution in [0, 0.1) is 23.1 Å². The lowest BCUT2D eigenvalue weighted by Gasteiger charge is -2.45. The van der Waals surface area contributed by atoms with Crippen LogP contribution < -0.4 is 14.4 Å². The van der Waals surface area contributed by atoms with Crippen LogP contribution >= 0.6 is 11.8 Å². The Hall–Kier alpha value is -3.50. The number of halogens is 2. The predicted molar refractivity (Wildman–Crippen MR) is 192 cm³/mol. The van der Waals surface area contributed by atoms with Gasteiger partial charge >= 0.3 is 0 Å². The van der Waals surface area contributed by atoms with Gasteiger partial charge in [0, 0.05) is 31.1 Å². The number of β-amino-alcohol motifs (C(OH)–C–C–N with tert-alkyl or cyclic N) is 1. The van der Waals surface area contributed by atoms with E-state index in [-0.39, 0.29) is 40.4 Å². The smallest absolute Gasteiger partial charge is 0.227 e. The van der Waals surface area contributed by atoms with Crippen molar-refractivity contribution < 1.29 is 28.1 Å². The molecule has 1 fully saturated rings. The lowest BCUT2D eigenvalue weighted by atomic mass is 9.95. The van der Waals surface area contributed by atoms with Gasteiger partial charge in [0.05, 0.1) is 18.3 Å². The van der Waals surface area contributed by atoms with Gasteiger partial charge in [-0.1, -0.05) is 65.3 Å². The molecule has 0 spiro atoms. The molecule has 2 aromatic carbocycles. The van der Waals surface area contributed by atoms with Crippen LogP contribution in [0.5, 0.6) is 11.6 Å². The third kappa shape index (κ3) is 6.33. The van der Waals surface area contributed by atoms with Gasteiger partial charge in [0.2, 0.25) is 5.88 Å². The van der Waals surface area contributed by atoms with Crippen molar-refractivity contribution in [3.63, 3.8) is 0 Å². The number of anilines is 1. The lowest BCUT2D eigenvalue weighted by Crippen LogP contribution is -2.60. The van der Waals surface area contributed by atoms with Crippen molar-refractivity contribution in [1.29, 1.82) is 0 Å². The molecule has 0 bridgehead atoms. The Bertz CT molecular complexity index is 1900. The fourth-order valence-corrected chi connectivity index (χ4v) is 12.8. The number of ether oxygens (including phenoxy) is 3. The monoisotopic (exact) mass is 694 g/mol. The maximum absolute atomic E-state index is 17.1. The largest absolute Gasteiger partial charge is 0.480 e. The van der Waals surface area contributed by atoms with E-state index in [1.165, 1.54) is 32.0 Å². The third-order valence-electron chi connectivity index (χ3n) is 9.36. The van der Waals surface area contributed by atoms with Gasteiger partial charge in [-0.05, 0) is 53.4 Å². The maximum Gasteiger partial charge on any atom is 0.227 e. The molecule has 0 radical (unpaired) electrons. The number of benzene rings is 2. The number of pyridine rings is 1. The van der Waals surface area contributed by atoms with Gasteiger partial charge in [0.15, 0.2) is 17.8 Å². The first-order valence-electron chi connectivity index (χ1n) is 16.1. The van der Waals surface area contributed by atoms with Gasteiger partial charge in [0.25, 0.3) is 0 Å². The number of aliphatic hydroxyl groups is 1. The summed E-state index contributed by atoms with van der Waals surface area (Å²) in [5.41, 5.74) is 4.09. The van der Waals surface area contributed by atoms with E-state index in [9.17, 15) is 5.11 Å². The van der Waals surface area contributed by atoms with Crippen LogP contribution in [-0.4, -0.2) is 74.1 Å². The highest BCUT2D eigenvalue weighted by Crippen LogP contribution is 2.44. The summed E-state index contributed by atoms with van der Waals surface area (Å²) in [7, 11) is 0.690. The van der Waals surface area contributed by atoms with E-state index in [2.05, 4.69) is 63.0 Å². The van der Waals surface area contributed by atoms with E-state index in [0.717, 1.165) is 0 Å². The van der Waals surface area contributed by atoms with Crippen molar-refractivity contribution in [2.24, 2.45) is 0 Å². The summed E-state index contributed by atoms with van der Waals surface area (Å²) in [4.78, 5) is 15.8. The number of aromatic nitrogens is 3. The minimum Gasteiger partial charge on any atom is -0.480 e. The van der Waals surface area contributed by atoms with Gasteiger partial charge in [-0.15, -0.1) is 5.54 Å². The second kappa shape index (κ2) is 13.8. The third-order valence-corrected chi connectivity index (χ3v) is 16.2. The Balaban J connectivity index is 1.87. The predicted octanol–water partition coefficient (Wildman–Crippen LogP) is 7.98. The standard InChI is InChI=1S/C36H44F2N4O4SSi/c1-20(2)48(21(3)4,22(5)6)14-13-25-27(37)12-11-23-15-24(46-19-44-8)16-26(28(23)25)31-30(38)32-29(34(39-31)45-9)33(41-35(40-32)47-10)42-17-36(7,43)18-42/h11-12,15-16,20-22,43H,17-19H2,1-10H3. The van der Waals surface area contributed by atoms with Gasteiger partial charge in [-0.2, -0.15) is 0 Å². The number of hydrogen-bond acceptors (Lipinski definition) is 9. The van der Waals surface area contributed by atoms with Gasteiger partial charge < -0.3 is 24.2 Å². The van der Waals surface area contributed by atoms with Crippen LogP contribution in [0.1, 0.15) is 54.0 Å². The summed E-state index contributed by atoms with van der Waals surface area (Å²) < 4.78 is 49.8. The van der Waals surface area contributed by atoms with Crippen LogP contribution in [0.4, 0.5) is 14.6 Å². The molecule has 2 aromatic heterocycles. The van der Waals surface area contributed by atoms with Crippen molar-refractivity contribution in [3.05, 3.63) is 41.5 Å². The minimum atomic E-state index is -2.26. The fourth-order valence-electron chi connectivity index (χ4n) is 7.21. The second-order valence-corrected chi connectivity index (χ2v) is 19.9. The van der Waals surface area contributed by atoms with Crippen molar-refractivity contribution in [1.82, 2.24) is 15.0 Å². The van der Waals surface area contributed by atoms with Gasteiger partial charge in [-0.25, -0.2) is 23.7 Å². The zero-order valence-corrected chi connectivity index (χ0v) is 31.1. The quantitative estimate of drug-likeness (QED) is 0.0584. The topological polar surface area (TPSA) is 89.8 Å². The molecule has 0 amide bonds. The molecule has 256 valence electrons. The van der Waals surface area contributed by atoms with Crippen LogP contribution in [0.25, 0.3) is 32.9 Å². The molecule has 0 unspecified atom stereocenters. The molecule has 0 aliphatic carbocycles. The van der Waals surface area contributed by atoms with E-state index in [4.69, 9.17) is 19.2 Å². The Morgan fingerprint density at radius 1 is 1.00 bits per heavy atom. The second-order valence-electron chi connectivity index (χ2n) is 13.6. The van der Waals surface area contributed by atoms with Crippen LogP contribution in [0.2, 0.25) is 16.6 Å². The number of nitrogens with zero attached hydrogens (tertiary/aromatic N) is 4. The molecule has 5 rings (SSSR count). The van der Waals surface area contributed by atoms with Crippen molar-refractivity contribution in [2.75, 3.05) is 45.3 Å². The molecule has 0 atom stereocenters. The fraction of sp³-hybridized carbons (Fsp3) is 0.472. The molecule has 0 saturated carbocycles. The molecule has 12 heteroatoms. The number of rotatable bonds is 10. The molecule has 1 N–H and O–H groups in total. The van der Waals surface area contributed by atoms with Crippen LogP contribution in [0.3, 0.4) is 0 Å².